The molecule has 5 nitrogen and oxygen atoms in total. The molecule has 1 fully saturated rings. The molecule has 2 aliphatic heterocycles. The van der Waals surface area contributed by atoms with Crippen molar-refractivity contribution in [2.24, 2.45) is 0 Å². The van der Waals surface area contributed by atoms with E-state index in [1.807, 2.05) is 0 Å². The van der Waals surface area contributed by atoms with Gasteiger partial charge in [-0.15, -0.1) is 0 Å². The third-order valence-corrected chi connectivity index (χ3v) is 4.39. The third kappa shape index (κ3) is 2.53. The van der Waals surface area contributed by atoms with Crippen LogP contribution in [0.4, 0.5) is 5.95 Å². The molecule has 3 heterocycles. The number of fused-ring (bicyclic) bond motifs is 1. The van der Waals surface area contributed by atoms with Gasteiger partial charge in [0, 0.05) is 25.2 Å². The Bertz CT molecular complexity index is 631. The molecule has 1 aromatic heterocycles. The molecule has 0 atom stereocenters. The van der Waals surface area contributed by atoms with Crippen LogP contribution in [0.25, 0.3) is 11.5 Å². The van der Waals surface area contributed by atoms with Gasteiger partial charge < -0.3 is 14.7 Å². The average Bonchev–Trinajstić information content (AvgIpc) is 3.05. The van der Waals surface area contributed by atoms with Gasteiger partial charge in [-0.2, -0.15) is 4.98 Å². The van der Waals surface area contributed by atoms with Gasteiger partial charge in [0.2, 0.25) is 0 Å². The van der Waals surface area contributed by atoms with Crippen LogP contribution >= 0.6 is 0 Å². The molecule has 1 aromatic carbocycles. The minimum atomic E-state index is 0.629. The van der Waals surface area contributed by atoms with Gasteiger partial charge in [-0.05, 0) is 60.6 Å². The van der Waals surface area contributed by atoms with Crippen molar-refractivity contribution in [3.8, 4) is 11.5 Å². The Morgan fingerprint density at radius 1 is 1.10 bits per heavy atom. The summed E-state index contributed by atoms with van der Waals surface area (Å²) in [6, 6.07) is 6.46. The van der Waals surface area contributed by atoms with Gasteiger partial charge >= 0.3 is 0 Å². The second-order valence-corrected chi connectivity index (χ2v) is 5.86. The lowest BCUT2D eigenvalue weighted by Gasteiger charge is -2.24. The van der Waals surface area contributed by atoms with E-state index in [9.17, 15) is 0 Å². The van der Waals surface area contributed by atoms with E-state index in [-0.39, 0.29) is 0 Å². The summed E-state index contributed by atoms with van der Waals surface area (Å²) < 4.78 is 5.47. The maximum absolute atomic E-state index is 5.47. The van der Waals surface area contributed by atoms with Gasteiger partial charge in [-0.25, -0.2) is 0 Å². The van der Waals surface area contributed by atoms with Crippen LogP contribution in [0.1, 0.15) is 30.4 Å². The number of benzene rings is 1. The highest BCUT2D eigenvalue weighted by Crippen LogP contribution is 2.25. The van der Waals surface area contributed by atoms with Crippen molar-refractivity contribution >= 4 is 5.95 Å². The highest BCUT2D eigenvalue weighted by molar-refractivity contribution is 5.57. The normalized spacial score (nSPS) is 18.6. The summed E-state index contributed by atoms with van der Waals surface area (Å²) >= 11 is 0. The molecule has 0 bridgehead atoms. The van der Waals surface area contributed by atoms with E-state index >= 15 is 0 Å². The first-order valence-electron chi connectivity index (χ1n) is 7.82. The van der Waals surface area contributed by atoms with Crippen LogP contribution in [0.3, 0.4) is 0 Å². The molecule has 0 radical (unpaired) electrons. The van der Waals surface area contributed by atoms with E-state index in [1.165, 1.54) is 30.4 Å². The fourth-order valence-corrected chi connectivity index (χ4v) is 3.17. The fourth-order valence-electron chi connectivity index (χ4n) is 3.17. The number of nitrogens with one attached hydrogen (secondary N) is 1. The Balaban J connectivity index is 1.60. The summed E-state index contributed by atoms with van der Waals surface area (Å²) in [5.74, 6) is 1.37. The Morgan fingerprint density at radius 2 is 2.00 bits per heavy atom. The highest BCUT2D eigenvalue weighted by Gasteiger charge is 2.18. The molecule has 4 rings (SSSR count). The minimum absolute atomic E-state index is 0.629. The van der Waals surface area contributed by atoms with E-state index in [2.05, 4.69) is 38.6 Å². The van der Waals surface area contributed by atoms with Crippen molar-refractivity contribution < 1.29 is 4.52 Å². The van der Waals surface area contributed by atoms with Gasteiger partial charge in [-0.3, -0.25) is 0 Å². The van der Waals surface area contributed by atoms with Crippen LogP contribution in [-0.2, 0) is 13.0 Å². The van der Waals surface area contributed by atoms with Crippen LogP contribution in [0, 0.1) is 0 Å². The maximum atomic E-state index is 5.47. The Labute approximate surface area is 124 Å². The molecule has 110 valence electrons. The van der Waals surface area contributed by atoms with Crippen LogP contribution in [0.2, 0.25) is 0 Å². The van der Waals surface area contributed by atoms with Gasteiger partial charge in [-0.1, -0.05) is 6.07 Å². The number of nitrogens with zero attached hydrogens (tertiary/aromatic N) is 3. The van der Waals surface area contributed by atoms with E-state index in [4.69, 9.17) is 4.52 Å². The van der Waals surface area contributed by atoms with Crippen molar-refractivity contribution in [2.45, 2.75) is 32.2 Å². The second kappa shape index (κ2) is 5.48. The van der Waals surface area contributed by atoms with Crippen LogP contribution in [0.15, 0.2) is 22.7 Å². The molecule has 5 heteroatoms. The zero-order valence-corrected chi connectivity index (χ0v) is 12.1. The molecule has 0 aliphatic carbocycles. The van der Waals surface area contributed by atoms with Crippen molar-refractivity contribution in [1.29, 1.82) is 0 Å². The lowest BCUT2D eigenvalue weighted by molar-refractivity contribution is 0.426. The molecule has 0 spiro atoms. The summed E-state index contributed by atoms with van der Waals surface area (Å²) in [5.41, 5.74) is 3.79. The van der Waals surface area contributed by atoms with Gasteiger partial charge in [0.1, 0.15) is 0 Å². The molecule has 0 unspecified atom stereocenters. The van der Waals surface area contributed by atoms with Crippen LogP contribution < -0.4 is 10.2 Å². The Kier molecular flexibility index (Phi) is 3.35. The summed E-state index contributed by atoms with van der Waals surface area (Å²) in [7, 11) is 0. The molecule has 2 aromatic rings. The van der Waals surface area contributed by atoms with E-state index in [1.54, 1.807) is 0 Å². The first-order chi connectivity index (χ1) is 10.4. The van der Waals surface area contributed by atoms with E-state index in [0.717, 1.165) is 44.1 Å². The second-order valence-electron chi connectivity index (χ2n) is 5.86. The minimum Gasteiger partial charge on any atom is -0.338 e. The fraction of sp³-hybridized carbons (Fsp3) is 0.500. The Morgan fingerprint density at radius 3 is 2.90 bits per heavy atom. The summed E-state index contributed by atoms with van der Waals surface area (Å²) in [4.78, 5) is 6.80. The molecule has 2 aliphatic rings. The topological polar surface area (TPSA) is 54.2 Å². The van der Waals surface area contributed by atoms with Crippen LogP contribution in [0.5, 0.6) is 0 Å². The maximum Gasteiger partial charge on any atom is 0.266 e. The molecular weight excluding hydrogens is 264 g/mol. The molecule has 1 N–H and O–H groups in total. The molecular formula is C16H20N4O. The number of hydrogen-bond donors (Lipinski definition) is 1. The molecule has 0 saturated carbocycles. The zero-order chi connectivity index (χ0) is 14.1. The number of piperidine rings is 1. The largest absolute Gasteiger partial charge is 0.338 e. The molecule has 0 amide bonds. The summed E-state index contributed by atoms with van der Waals surface area (Å²) in [5, 5.41) is 7.55. The van der Waals surface area contributed by atoms with Crippen LogP contribution in [-0.4, -0.2) is 29.8 Å². The number of anilines is 1. The Hall–Kier alpha value is -1.88. The number of aromatic nitrogens is 2. The van der Waals surface area contributed by atoms with Gasteiger partial charge in [0.05, 0.1) is 0 Å². The van der Waals surface area contributed by atoms with E-state index < -0.39 is 0 Å². The monoisotopic (exact) mass is 284 g/mol. The summed E-state index contributed by atoms with van der Waals surface area (Å²) in [6.07, 6.45) is 4.83. The van der Waals surface area contributed by atoms with Crippen molar-refractivity contribution in [2.75, 3.05) is 24.5 Å². The highest BCUT2D eigenvalue weighted by atomic mass is 16.5. The molecule has 21 heavy (non-hydrogen) atoms. The zero-order valence-electron chi connectivity index (χ0n) is 12.1. The first-order valence-corrected chi connectivity index (χ1v) is 7.82. The number of rotatable bonds is 2. The van der Waals surface area contributed by atoms with Crippen molar-refractivity contribution in [3.63, 3.8) is 0 Å². The smallest absolute Gasteiger partial charge is 0.266 e. The number of hydrogen-bond acceptors (Lipinski definition) is 5. The standard InChI is InChI=1S/C16H20N4O/c1-2-8-20(9-3-1)16-18-15(21-19-16)13-5-4-12-6-7-17-11-14(12)10-13/h4-5,10,17H,1-3,6-9,11H2. The predicted molar refractivity (Wildman–Crippen MR) is 81.2 cm³/mol. The van der Waals surface area contributed by atoms with Gasteiger partial charge in [0.25, 0.3) is 11.8 Å². The average molecular weight is 284 g/mol. The van der Waals surface area contributed by atoms with Crippen molar-refractivity contribution in [3.05, 3.63) is 29.3 Å². The van der Waals surface area contributed by atoms with Crippen molar-refractivity contribution in [1.82, 2.24) is 15.5 Å². The first kappa shape index (κ1) is 12.8. The summed E-state index contributed by atoms with van der Waals surface area (Å²) in [6.45, 7) is 4.06. The van der Waals surface area contributed by atoms with E-state index in [0.29, 0.717) is 5.89 Å². The SMILES string of the molecule is c1cc2c(cc1-c1nc(N3CCCCC3)no1)CNCC2. The lowest BCUT2D eigenvalue weighted by atomic mass is 9.98. The van der Waals surface area contributed by atoms with Gasteiger partial charge in [0.15, 0.2) is 0 Å². The third-order valence-electron chi connectivity index (χ3n) is 4.39. The lowest BCUT2D eigenvalue weighted by Crippen LogP contribution is -2.30. The quantitative estimate of drug-likeness (QED) is 0.917. The molecule has 1 saturated heterocycles. The predicted octanol–water partition coefficient (Wildman–Crippen LogP) is 2.37.